The van der Waals surface area contributed by atoms with Crippen LogP contribution in [0.5, 0.6) is 5.75 Å². The van der Waals surface area contributed by atoms with Crippen molar-refractivity contribution in [3.8, 4) is 5.75 Å². The Bertz CT molecular complexity index is 984. The summed E-state index contributed by atoms with van der Waals surface area (Å²) in [5.74, 6) is 0.0536. The summed E-state index contributed by atoms with van der Waals surface area (Å²) in [7, 11) is -3.94. The van der Waals surface area contributed by atoms with Crippen LogP contribution in [0.15, 0.2) is 47.4 Å². The molecule has 9 nitrogen and oxygen atoms in total. The molecule has 0 spiro atoms. The number of phenols is 1. The van der Waals surface area contributed by atoms with Crippen LogP contribution in [0.4, 0.5) is 11.4 Å². The van der Waals surface area contributed by atoms with Crippen LogP contribution in [0.2, 0.25) is 0 Å². The average Bonchev–Trinajstić information content (AvgIpc) is 2.59. The van der Waals surface area contributed by atoms with E-state index in [0.717, 1.165) is 6.07 Å². The monoisotopic (exact) mass is 423 g/mol. The van der Waals surface area contributed by atoms with Gasteiger partial charge < -0.3 is 15.5 Å². The maximum absolute atomic E-state index is 12.5. The molecule has 0 heterocycles. The smallest absolute Gasteiger partial charge is 0.293 e. The molecule has 0 fully saturated rings. The summed E-state index contributed by atoms with van der Waals surface area (Å²) in [6, 6.07) is 8.86. The van der Waals surface area contributed by atoms with Gasteiger partial charge in [-0.2, -0.15) is 0 Å². The normalized spacial score (nSPS) is 14.2. The molecule has 0 unspecified atom stereocenters. The third-order valence-electron chi connectivity index (χ3n) is 4.01. The molecule has 0 saturated carbocycles. The molecule has 2 atom stereocenters. The number of aliphatic hydroxyl groups is 1. The lowest BCUT2D eigenvalue weighted by Crippen LogP contribution is -2.40. The van der Waals surface area contributed by atoms with E-state index in [1.165, 1.54) is 24.3 Å². The molecule has 2 aromatic rings. The quantitative estimate of drug-likeness (QED) is 0.396. The number of aliphatic hydroxyl groups excluding tert-OH is 1. The van der Waals surface area contributed by atoms with Crippen LogP contribution in [-0.2, 0) is 10.0 Å². The van der Waals surface area contributed by atoms with Gasteiger partial charge in [0.25, 0.3) is 5.69 Å². The van der Waals surface area contributed by atoms with E-state index in [-0.39, 0.29) is 16.3 Å². The summed E-state index contributed by atoms with van der Waals surface area (Å²) in [6.45, 7) is 6.64. The fraction of sp³-hybridized carbons (Fsp3) is 0.368. The van der Waals surface area contributed by atoms with Crippen molar-refractivity contribution in [2.24, 2.45) is 0 Å². The minimum atomic E-state index is -3.94. The first kappa shape index (κ1) is 22.6. The molecule has 0 aromatic heterocycles. The highest BCUT2D eigenvalue weighted by Gasteiger charge is 2.27. The zero-order valence-electron chi connectivity index (χ0n) is 16.6. The number of nitrogens with one attached hydrogen (secondary N) is 2. The second kappa shape index (κ2) is 8.36. The predicted octanol–water partition coefficient (Wildman–Crippen LogP) is 2.91. The topological polar surface area (TPSA) is 142 Å². The van der Waals surface area contributed by atoms with Crippen LogP contribution in [0.1, 0.15) is 39.4 Å². The number of nitrogens with zero attached hydrogens (tertiary/aromatic N) is 1. The Morgan fingerprint density at radius 1 is 1.10 bits per heavy atom. The molecule has 0 aliphatic carbocycles. The average molecular weight is 423 g/mol. The molecule has 10 heteroatoms. The molecule has 2 aromatic carbocycles. The summed E-state index contributed by atoms with van der Waals surface area (Å²) in [6.07, 6.45) is -1.01. The number of anilines is 1. The van der Waals surface area contributed by atoms with Crippen LogP contribution in [0.25, 0.3) is 0 Å². The van der Waals surface area contributed by atoms with Gasteiger partial charge in [0.2, 0.25) is 10.0 Å². The number of hydrogen-bond acceptors (Lipinski definition) is 7. The van der Waals surface area contributed by atoms with E-state index < -0.39 is 38.3 Å². The SMILES string of the molecule is C[C@H](Nc1ccc(S(=O)(=O)NC(C)(C)C)cc1[N+](=O)[O-])[C@H](O)c1ccc(O)cc1. The number of hydrogen-bond donors (Lipinski definition) is 4. The predicted molar refractivity (Wildman–Crippen MR) is 109 cm³/mol. The van der Waals surface area contributed by atoms with Gasteiger partial charge in [-0.15, -0.1) is 0 Å². The third-order valence-corrected chi connectivity index (χ3v) is 5.76. The number of phenolic OH excluding ortho intramolecular Hbond substituents is 1. The number of sulfonamides is 1. The van der Waals surface area contributed by atoms with Gasteiger partial charge in [-0.25, -0.2) is 13.1 Å². The zero-order chi connectivity index (χ0) is 22.0. The molecular formula is C19H25N3O6S. The number of benzene rings is 2. The maximum atomic E-state index is 12.5. The van der Waals surface area contributed by atoms with Crippen LogP contribution >= 0.6 is 0 Å². The molecule has 0 radical (unpaired) electrons. The van der Waals surface area contributed by atoms with E-state index in [2.05, 4.69) is 10.0 Å². The molecule has 0 bridgehead atoms. The van der Waals surface area contributed by atoms with Crippen LogP contribution in [0.3, 0.4) is 0 Å². The number of nitro groups is 1. The molecule has 0 aliphatic heterocycles. The second-order valence-corrected chi connectivity index (χ2v) is 9.44. The summed E-state index contributed by atoms with van der Waals surface area (Å²) in [4.78, 5) is 10.6. The van der Waals surface area contributed by atoms with E-state index in [1.807, 2.05) is 0 Å². The van der Waals surface area contributed by atoms with Gasteiger partial charge in [0.1, 0.15) is 11.4 Å². The first-order valence-electron chi connectivity index (χ1n) is 8.86. The van der Waals surface area contributed by atoms with Gasteiger partial charge in [-0.05, 0) is 57.5 Å². The first-order valence-corrected chi connectivity index (χ1v) is 10.3. The number of rotatable bonds is 7. The van der Waals surface area contributed by atoms with E-state index in [9.17, 15) is 28.7 Å². The largest absolute Gasteiger partial charge is 0.508 e. The fourth-order valence-corrected chi connectivity index (χ4v) is 4.14. The van der Waals surface area contributed by atoms with E-state index in [1.54, 1.807) is 39.8 Å². The molecular weight excluding hydrogens is 398 g/mol. The first-order chi connectivity index (χ1) is 13.3. The number of aromatic hydroxyl groups is 1. The number of nitro benzene ring substituents is 1. The Balaban J connectivity index is 2.31. The summed E-state index contributed by atoms with van der Waals surface area (Å²) in [5, 5.41) is 34.2. The third kappa shape index (κ3) is 5.89. The molecule has 2 rings (SSSR count). The van der Waals surface area contributed by atoms with Crippen molar-refractivity contribution in [1.82, 2.24) is 4.72 Å². The van der Waals surface area contributed by atoms with Crippen LogP contribution in [-0.4, -0.2) is 35.1 Å². The van der Waals surface area contributed by atoms with Crippen molar-refractivity contribution in [3.63, 3.8) is 0 Å². The van der Waals surface area contributed by atoms with Gasteiger partial charge in [0, 0.05) is 11.6 Å². The van der Waals surface area contributed by atoms with Gasteiger partial charge in [-0.3, -0.25) is 10.1 Å². The van der Waals surface area contributed by atoms with Gasteiger partial charge in [0.15, 0.2) is 0 Å². The van der Waals surface area contributed by atoms with Crippen LogP contribution in [0, 0.1) is 10.1 Å². The zero-order valence-corrected chi connectivity index (χ0v) is 17.4. The molecule has 0 aliphatic rings. The van der Waals surface area contributed by atoms with E-state index >= 15 is 0 Å². The molecule has 0 saturated heterocycles. The van der Waals surface area contributed by atoms with Crippen molar-refractivity contribution in [2.45, 2.75) is 50.3 Å². The van der Waals surface area contributed by atoms with Gasteiger partial charge in [-0.1, -0.05) is 12.1 Å². The highest BCUT2D eigenvalue weighted by atomic mass is 32.2. The van der Waals surface area contributed by atoms with Crippen molar-refractivity contribution in [1.29, 1.82) is 0 Å². The summed E-state index contributed by atoms with van der Waals surface area (Å²) >= 11 is 0. The Morgan fingerprint density at radius 2 is 1.69 bits per heavy atom. The lowest BCUT2D eigenvalue weighted by atomic mass is 10.0. The van der Waals surface area contributed by atoms with Crippen LogP contribution < -0.4 is 10.0 Å². The van der Waals surface area contributed by atoms with Gasteiger partial charge in [0.05, 0.1) is 22.0 Å². The highest BCUT2D eigenvalue weighted by Crippen LogP contribution is 2.30. The van der Waals surface area contributed by atoms with Crippen molar-refractivity contribution in [3.05, 3.63) is 58.1 Å². The van der Waals surface area contributed by atoms with Crippen molar-refractivity contribution in [2.75, 3.05) is 5.32 Å². The Hall–Kier alpha value is -2.69. The lowest BCUT2D eigenvalue weighted by molar-refractivity contribution is -0.384. The molecule has 4 N–H and O–H groups in total. The Labute approximate surface area is 169 Å². The molecule has 158 valence electrons. The van der Waals surface area contributed by atoms with Crippen molar-refractivity contribution >= 4 is 21.4 Å². The minimum Gasteiger partial charge on any atom is -0.508 e. The maximum Gasteiger partial charge on any atom is 0.293 e. The standard InChI is InChI=1S/C19H25N3O6S/c1-12(18(24)13-5-7-14(23)8-6-13)20-16-10-9-15(11-17(16)22(25)26)29(27,28)21-19(2,3)4/h5-12,18,20-21,23-24H,1-4H3/t12-,18-/m0/s1. The van der Waals surface area contributed by atoms with E-state index in [4.69, 9.17) is 0 Å². The molecule has 29 heavy (non-hydrogen) atoms. The Morgan fingerprint density at radius 3 is 2.21 bits per heavy atom. The second-order valence-electron chi connectivity index (χ2n) is 7.76. The Kier molecular flexibility index (Phi) is 6.51. The fourth-order valence-electron chi connectivity index (χ4n) is 2.70. The summed E-state index contributed by atoms with van der Waals surface area (Å²) < 4.78 is 27.4. The van der Waals surface area contributed by atoms with Crippen molar-refractivity contribution < 1.29 is 23.6 Å². The lowest BCUT2D eigenvalue weighted by Gasteiger charge is -2.22. The minimum absolute atomic E-state index is 0.0536. The highest BCUT2D eigenvalue weighted by molar-refractivity contribution is 7.89. The van der Waals surface area contributed by atoms with E-state index in [0.29, 0.717) is 5.56 Å². The van der Waals surface area contributed by atoms with Gasteiger partial charge >= 0.3 is 0 Å². The summed E-state index contributed by atoms with van der Waals surface area (Å²) in [5.41, 5.74) is -0.576. The molecule has 0 amide bonds.